The zero-order valence-electron chi connectivity index (χ0n) is 15.7. The first-order valence-electron chi connectivity index (χ1n) is 8.28. The molecule has 1 amide bonds. The molecule has 27 heavy (non-hydrogen) atoms. The van der Waals surface area contributed by atoms with Gasteiger partial charge in [-0.15, -0.1) is 0 Å². The largest absolute Gasteiger partial charge is 0.497 e. The number of hydrogen-bond acceptors (Lipinski definition) is 5. The summed E-state index contributed by atoms with van der Waals surface area (Å²) in [6.07, 6.45) is -0.512. The van der Waals surface area contributed by atoms with Gasteiger partial charge < -0.3 is 14.8 Å². The molecule has 0 aromatic heterocycles. The Labute approximate surface area is 163 Å². The van der Waals surface area contributed by atoms with Gasteiger partial charge in [-0.05, 0) is 66.9 Å². The summed E-state index contributed by atoms with van der Waals surface area (Å²) in [6.45, 7) is 4.03. The lowest BCUT2D eigenvalue weighted by Gasteiger charge is -2.08. The number of amides is 1. The van der Waals surface area contributed by atoms with Crippen molar-refractivity contribution in [3.05, 3.63) is 64.2 Å². The molecule has 2 rings (SSSR count). The molecular formula is C20H22ClN3O3. The second-order valence-electron chi connectivity index (χ2n) is 5.75. The van der Waals surface area contributed by atoms with Gasteiger partial charge in [0, 0.05) is 11.6 Å². The van der Waals surface area contributed by atoms with E-state index in [4.69, 9.17) is 16.3 Å². The van der Waals surface area contributed by atoms with Crippen LogP contribution in [0.4, 0.5) is 4.79 Å². The van der Waals surface area contributed by atoms with Crippen LogP contribution >= 0.6 is 11.6 Å². The van der Waals surface area contributed by atoms with Gasteiger partial charge in [0.2, 0.25) is 0 Å². The monoisotopic (exact) mass is 387 g/mol. The van der Waals surface area contributed by atoms with Crippen molar-refractivity contribution >= 4 is 29.1 Å². The molecule has 0 spiro atoms. The molecule has 0 unspecified atom stereocenters. The van der Waals surface area contributed by atoms with E-state index in [0.717, 1.165) is 33.9 Å². The number of carbonyl (C=O) groups is 1. The van der Waals surface area contributed by atoms with Crippen molar-refractivity contribution in [3.63, 3.8) is 0 Å². The molecule has 0 saturated heterocycles. The van der Waals surface area contributed by atoms with Crippen LogP contribution in [0.5, 0.6) is 5.75 Å². The third-order valence-electron chi connectivity index (χ3n) is 3.93. The summed E-state index contributed by atoms with van der Waals surface area (Å²) < 4.78 is 9.72. The Balaban J connectivity index is 2.17. The summed E-state index contributed by atoms with van der Waals surface area (Å²) >= 11 is 6.19. The van der Waals surface area contributed by atoms with Gasteiger partial charge >= 0.3 is 6.09 Å². The molecule has 142 valence electrons. The Kier molecular flexibility index (Phi) is 7.37. The van der Waals surface area contributed by atoms with Crippen molar-refractivity contribution in [1.29, 1.82) is 0 Å². The number of methoxy groups -OCH3 is 2. The molecule has 2 aromatic carbocycles. The number of benzene rings is 2. The fourth-order valence-electron chi connectivity index (χ4n) is 2.27. The number of nitrogens with zero attached hydrogens (tertiary/aromatic N) is 2. The molecule has 0 radical (unpaired) electrons. The minimum Gasteiger partial charge on any atom is -0.497 e. The first-order valence-corrected chi connectivity index (χ1v) is 8.66. The minimum absolute atomic E-state index is 0.265. The highest BCUT2D eigenvalue weighted by atomic mass is 35.5. The Hall–Kier alpha value is -2.86. The Morgan fingerprint density at radius 2 is 1.59 bits per heavy atom. The van der Waals surface area contributed by atoms with Crippen LogP contribution in [0, 0.1) is 0 Å². The maximum atomic E-state index is 11.2. The number of nitrogens with one attached hydrogen (secondary N) is 1. The third kappa shape index (κ3) is 5.82. The van der Waals surface area contributed by atoms with Gasteiger partial charge in [0.25, 0.3) is 0 Å². The maximum Gasteiger partial charge on any atom is 0.407 e. The van der Waals surface area contributed by atoms with Gasteiger partial charge in [0.15, 0.2) is 0 Å². The molecule has 7 heteroatoms. The predicted octanol–water partition coefficient (Wildman–Crippen LogP) is 4.44. The number of halogens is 1. The molecule has 0 atom stereocenters. The Bertz CT molecular complexity index is 861. The number of carbonyl (C=O) groups excluding carboxylic acids is 1. The summed E-state index contributed by atoms with van der Waals surface area (Å²) in [4.78, 5) is 11.2. The van der Waals surface area contributed by atoms with E-state index < -0.39 is 6.09 Å². The lowest BCUT2D eigenvalue weighted by atomic mass is 10.1. The van der Waals surface area contributed by atoms with E-state index in [2.05, 4.69) is 20.3 Å². The zero-order valence-corrected chi connectivity index (χ0v) is 16.5. The van der Waals surface area contributed by atoms with Crippen LogP contribution in [0.25, 0.3) is 0 Å². The van der Waals surface area contributed by atoms with Crippen molar-refractivity contribution in [2.24, 2.45) is 10.2 Å². The fourth-order valence-corrected chi connectivity index (χ4v) is 2.46. The van der Waals surface area contributed by atoms with E-state index in [1.807, 2.05) is 50.2 Å². The summed E-state index contributed by atoms with van der Waals surface area (Å²) in [5.74, 6) is 0.792. The van der Waals surface area contributed by atoms with Crippen LogP contribution in [0.15, 0.2) is 52.7 Å². The summed E-state index contributed by atoms with van der Waals surface area (Å²) in [7, 11) is 2.94. The summed E-state index contributed by atoms with van der Waals surface area (Å²) in [6, 6.07) is 13.1. The first kappa shape index (κ1) is 20.5. The highest BCUT2D eigenvalue weighted by Gasteiger charge is 2.07. The van der Waals surface area contributed by atoms with Gasteiger partial charge in [0.1, 0.15) is 5.75 Å². The van der Waals surface area contributed by atoms with Crippen molar-refractivity contribution in [3.8, 4) is 5.75 Å². The van der Waals surface area contributed by atoms with E-state index in [0.29, 0.717) is 5.02 Å². The Morgan fingerprint density at radius 1 is 1.00 bits per heavy atom. The molecule has 0 aliphatic carbocycles. The second-order valence-corrected chi connectivity index (χ2v) is 6.16. The molecule has 1 N–H and O–H groups in total. The highest BCUT2D eigenvalue weighted by Crippen LogP contribution is 2.18. The molecule has 0 aliphatic heterocycles. The van der Waals surface area contributed by atoms with E-state index in [9.17, 15) is 4.79 Å². The number of alkyl carbamates (subject to hydrolysis) is 1. The average Bonchev–Trinajstić information content (AvgIpc) is 2.70. The van der Waals surface area contributed by atoms with Crippen LogP contribution in [0.2, 0.25) is 5.02 Å². The quantitative estimate of drug-likeness (QED) is 0.588. The van der Waals surface area contributed by atoms with E-state index in [1.54, 1.807) is 13.2 Å². The number of ether oxygens (including phenoxy) is 2. The van der Waals surface area contributed by atoms with Crippen LogP contribution in [0.3, 0.4) is 0 Å². The SMILES string of the molecule is COC(=O)NCc1cc(C(C)=NN=C(C)c2ccc(OC)cc2)ccc1Cl. The molecule has 0 fully saturated rings. The van der Waals surface area contributed by atoms with E-state index in [-0.39, 0.29) is 6.54 Å². The number of hydrogen-bond donors (Lipinski definition) is 1. The smallest absolute Gasteiger partial charge is 0.407 e. The lowest BCUT2D eigenvalue weighted by molar-refractivity contribution is 0.170. The fraction of sp³-hybridized carbons (Fsp3) is 0.250. The van der Waals surface area contributed by atoms with E-state index in [1.165, 1.54) is 7.11 Å². The summed E-state index contributed by atoms with van der Waals surface area (Å²) in [5, 5.41) is 11.8. The molecule has 2 aromatic rings. The van der Waals surface area contributed by atoms with E-state index >= 15 is 0 Å². The predicted molar refractivity (Wildman–Crippen MR) is 108 cm³/mol. The Morgan fingerprint density at radius 3 is 2.19 bits per heavy atom. The highest BCUT2D eigenvalue weighted by molar-refractivity contribution is 6.31. The van der Waals surface area contributed by atoms with Gasteiger partial charge in [-0.3, -0.25) is 0 Å². The van der Waals surface area contributed by atoms with Crippen molar-refractivity contribution in [2.45, 2.75) is 20.4 Å². The molecule has 0 heterocycles. The van der Waals surface area contributed by atoms with Gasteiger partial charge in [-0.25, -0.2) is 4.79 Å². The maximum absolute atomic E-state index is 11.2. The molecule has 0 saturated carbocycles. The number of rotatable bonds is 6. The van der Waals surface area contributed by atoms with Crippen LogP contribution in [-0.2, 0) is 11.3 Å². The molecule has 0 bridgehead atoms. The molecule has 6 nitrogen and oxygen atoms in total. The second kappa shape index (κ2) is 9.73. The summed E-state index contributed by atoms with van der Waals surface area (Å²) in [5.41, 5.74) is 4.13. The van der Waals surface area contributed by atoms with Crippen LogP contribution < -0.4 is 10.1 Å². The average molecular weight is 388 g/mol. The van der Waals surface area contributed by atoms with Crippen molar-refractivity contribution < 1.29 is 14.3 Å². The minimum atomic E-state index is -0.512. The zero-order chi connectivity index (χ0) is 19.8. The van der Waals surface area contributed by atoms with Gasteiger partial charge in [-0.2, -0.15) is 10.2 Å². The normalized spacial score (nSPS) is 11.9. The molecular weight excluding hydrogens is 366 g/mol. The lowest BCUT2D eigenvalue weighted by Crippen LogP contribution is -2.22. The van der Waals surface area contributed by atoms with Crippen molar-refractivity contribution in [2.75, 3.05) is 14.2 Å². The first-order chi connectivity index (χ1) is 12.9. The third-order valence-corrected chi connectivity index (χ3v) is 4.30. The van der Waals surface area contributed by atoms with Crippen LogP contribution in [-0.4, -0.2) is 31.7 Å². The van der Waals surface area contributed by atoms with Crippen LogP contribution in [0.1, 0.15) is 30.5 Å². The molecule has 0 aliphatic rings. The topological polar surface area (TPSA) is 72.3 Å². The van der Waals surface area contributed by atoms with Gasteiger partial charge in [0.05, 0.1) is 25.6 Å². The standard InChI is InChI=1S/C20H22ClN3O3/c1-13(15-5-8-18(26-3)9-6-15)23-24-14(2)16-7-10-19(21)17(11-16)12-22-20(25)27-4/h5-11H,12H2,1-4H3,(H,22,25). The van der Waals surface area contributed by atoms with Crippen molar-refractivity contribution in [1.82, 2.24) is 5.32 Å². The van der Waals surface area contributed by atoms with Gasteiger partial charge in [-0.1, -0.05) is 17.7 Å².